The van der Waals surface area contributed by atoms with Gasteiger partial charge in [-0.25, -0.2) is 0 Å². The summed E-state index contributed by atoms with van der Waals surface area (Å²) in [6.45, 7) is 2.79. The summed E-state index contributed by atoms with van der Waals surface area (Å²) in [4.78, 5) is 15.5. The molecule has 1 amide bonds. The summed E-state index contributed by atoms with van der Waals surface area (Å²) in [5.74, 6) is 0.332. The smallest absolute Gasteiger partial charge is 0.255 e. The van der Waals surface area contributed by atoms with Gasteiger partial charge in [0, 0.05) is 12.7 Å². The fourth-order valence-corrected chi connectivity index (χ4v) is 2.23. The summed E-state index contributed by atoms with van der Waals surface area (Å²) in [5.41, 5.74) is 0.284. The minimum absolute atomic E-state index is 0.0747. The van der Waals surface area contributed by atoms with Crippen molar-refractivity contribution in [3.8, 4) is 5.75 Å². The number of carbonyl (C=O) groups excluding carboxylic acids is 1. The van der Waals surface area contributed by atoms with Crippen LogP contribution in [0.4, 0.5) is 0 Å². The second-order valence-electron chi connectivity index (χ2n) is 4.65. The minimum Gasteiger partial charge on any atom is -0.505 e. The standard InChI is InChI=1S/C13H19N3O2/c17-12-9-15-6-4-11(12)13(18)16-7-3-10-2-1-5-14-8-10/h4,6,9-10,14,17H,1-3,5,7-8H2,(H,16,18). The van der Waals surface area contributed by atoms with Crippen LogP contribution in [0.5, 0.6) is 5.75 Å². The van der Waals surface area contributed by atoms with Crippen molar-refractivity contribution < 1.29 is 9.90 Å². The number of aromatic nitrogens is 1. The highest BCUT2D eigenvalue weighted by Crippen LogP contribution is 2.15. The SMILES string of the molecule is O=C(NCCC1CCCNC1)c1ccncc1O. The Hall–Kier alpha value is -1.62. The molecule has 2 heterocycles. The molecule has 98 valence electrons. The zero-order valence-electron chi connectivity index (χ0n) is 10.4. The maximum Gasteiger partial charge on any atom is 0.255 e. The third-order valence-electron chi connectivity index (χ3n) is 3.28. The number of nitrogens with zero attached hydrogens (tertiary/aromatic N) is 1. The summed E-state index contributed by atoms with van der Waals surface area (Å²) in [7, 11) is 0. The largest absolute Gasteiger partial charge is 0.505 e. The highest BCUT2D eigenvalue weighted by atomic mass is 16.3. The number of piperidine rings is 1. The van der Waals surface area contributed by atoms with Crippen LogP contribution < -0.4 is 10.6 Å². The Labute approximate surface area is 107 Å². The number of nitrogens with one attached hydrogen (secondary N) is 2. The van der Waals surface area contributed by atoms with Gasteiger partial charge in [-0.2, -0.15) is 0 Å². The number of hydrogen-bond donors (Lipinski definition) is 3. The van der Waals surface area contributed by atoms with E-state index in [1.54, 1.807) is 0 Å². The third kappa shape index (κ3) is 3.43. The molecule has 3 N–H and O–H groups in total. The van der Waals surface area contributed by atoms with Crippen molar-refractivity contribution >= 4 is 5.91 Å². The van der Waals surface area contributed by atoms with E-state index in [1.165, 1.54) is 31.3 Å². The lowest BCUT2D eigenvalue weighted by Crippen LogP contribution is -2.33. The van der Waals surface area contributed by atoms with Crippen molar-refractivity contribution in [3.05, 3.63) is 24.0 Å². The second-order valence-corrected chi connectivity index (χ2v) is 4.65. The highest BCUT2D eigenvalue weighted by Gasteiger charge is 2.14. The van der Waals surface area contributed by atoms with Gasteiger partial charge in [0.15, 0.2) is 0 Å². The number of rotatable bonds is 4. The summed E-state index contributed by atoms with van der Waals surface area (Å²) in [6.07, 6.45) is 6.19. The van der Waals surface area contributed by atoms with E-state index in [-0.39, 0.29) is 17.2 Å². The molecule has 0 aromatic carbocycles. The molecule has 1 unspecified atom stereocenters. The van der Waals surface area contributed by atoms with Crippen molar-refractivity contribution in [3.63, 3.8) is 0 Å². The Morgan fingerprint density at radius 1 is 1.61 bits per heavy atom. The Kier molecular flexibility index (Phi) is 4.52. The summed E-state index contributed by atoms with van der Waals surface area (Å²) in [6, 6.07) is 1.52. The van der Waals surface area contributed by atoms with Crippen LogP contribution in [-0.2, 0) is 0 Å². The molecule has 2 rings (SSSR count). The molecular weight excluding hydrogens is 230 g/mol. The molecule has 0 bridgehead atoms. The first-order valence-electron chi connectivity index (χ1n) is 6.39. The zero-order valence-corrected chi connectivity index (χ0v) is 10.4. The Balaban J connectivity index is 1.76. The number of pyridine rings is 1. The molecule has 0 aliphatic carbocycles. The van der Waals surface area contributed by atoms with E-state index in [2.05, 4.69) is 15.6 Å². The molecule has 1 aromatic heterocycles. The Morgan fingerprint density at radius 3 is 3.22 bits per heavy atom. The maximum atomic E-state index is 11.8. The van der Waals surface area contributed by atoms with Crippen LogP contribution in [0.25, 0.3) is 0 Å². The van der Waals surface area contributed by atoms with Crippen LogP contribution in [0, 0.1) is 5.92 Å². The first kappa shape index (κ1) is 12.8. The predicted octanol–water partition coefficient (Wildman–Crippen LogP) is 0.907. The first-order chi connectivity index (χ1) is 8.77. The lowest BCUT2D eigenvalue weighted by atomic mass is 9.96. The quantitative estimate of drug-likeness (QED) is 0.741. The molecule has 1 aliphatic heterocycles. The summed E-state index contributed by atoms with van der Waals surface area (Å²) in [5, 5.41) is 15.7. The van der Waals surface area contributed by atoms with Crippen molar-refractivity contribution in [2.75, 3.05) is 19.6 Å². The van der Waals surface area contributed by atoms with Crippen molar-refractivity contribution in [2.45, 2.75) is 19.3 Å². The summed E-state index contributed by atoms with van der Waals surface area (Å²) < 4.78 is 0. The molecule has 0 radical (unpaired) electrons. The molecule has 1 atom stereocenters. The van der Waals surface area contributed by atoms with Crippen LogP contribution in [0.2, 0.25) is 0 Å². The van der Waals surface area contributed by atoms with Crippen LogP contribution >= 0.6 is 0 Å². The summed E-state index contributed by atoms with van der Waals surface area (Å²) >= 11 is 0. The molecular formula is C13H19N3O2. The van der Waals surface area contributed by atoms with E-state index in [9.17, 15) is 9.90 Å². The number of hydrogen-bond acceptors (Lipinski definition) is 4. The topological polar surface area (TPSA) is 74.2 Å². The van der Waals surface area contributed by atoms with Gasteiger partial charge in [0.05, 0.1) is 11.8 Å². The van der Waals surface area contributed by atoms with Gasteiger partial charge in [-0.1, -0.05) is 0 Å². The van der Waals surface area contributed by atoms with Crippen LogP contribution in [0.3, 0.4) is 0 Å². The average Bonchev–Trinajstić information content (AvgIpc) is 2.40. The van der Waals surface area contributed by atoms with E-state index in [4.69, 9.17) is 0 Å². The number of amides is 1. The van der Waals surface area contributed by atoms with Gasteiger partial charge in [-0.3, -0.25) is 9.78 Å². The zero-order chi connectivity index (χ0) is 12.8. The molecule has 0 saturated carbocycles. The Bertz CT molecular complexity index is 403. The minimum atomic E-state index is -0.237. The number of carbonyl (C=O) groups is 1. The molecule has 1 aromatic rings. The van der Waals surface area contributed by atoms with E-state index in [0.717, 1.165) is 19.5 Å². The molecule has 1 saturated heterocycles. The third-order valence-corrected chi connectivity index (χ3v) is 3.28. The van der Waals surface area contributed by atoms with Crippen molar-refractivity contribution in [1.82, 2.24) is 15.6 Å². The fourth-order valence-electron chi connectivity index (χ4n) is 2.23. The van der Waals surface area contributed by atoms with Crippen LogP contribution in [-0.4, -0.2) is 35.6 Å². The fraction of sp³-hybridized carbons (Fsp3) is 0.538. The maximum absolute atomic E-state index is 11.8. The first-order valence-corrected chi connectivity index (χ1v) is 6.39. The van der Waals surface area contributed by atoms with E-state index in [0.29, 0.717) is 12.5 Å². The average molecular weight is 249 g/mol. The molecule has 1 aliphatic rings. The van der Waals surface area contributed by atoms with Crippen LogP contribution in [0.15, 0.2) is 18.5 Å². The van der Waals surface area contributed by atoms with E-state index >= 15 is 0 Å². The van der Waals surface area contributed by atoms with Gasteiger partial charge in [-0.15, -0.1) is 0 Å². The van der Waals surface area contributed by atoms with Gasteiger partial charge in [-0.05, 0) is 44.3 Å². The van der Waals surface area contributed by atoms with Gasteiger partial charge >= 0.3 is 0 Å². The lowest BCUT2D eigenvalue weighted by molar-refractivity contribution is 0.0948. The van der Waals surface area contributed by atoms with Gasteiger partial charge in [0.1, 0.15) is 5.75 Å². The predicted molar refractivity (Wildman–Crippen MR) is 68.4 cm³/mol. The second kappa shape index (κ2) is 6.35. The molecule has 0 spiro atoms. The van der Waals surface area contributed by atoms with Crippen molar-refractivity contribution in [1.29, 1.82) is 0 Å². The molecule has 5 heteroatoms. The van der Waals surface area contributed by atoms with E-state index in [1.807, 2.05) is 0 Å². The van der Waals surface area contributed by atoms with E-state index < -0.39 is 0 Å². The lowest BCUT2D eigenvalue weighted by Gasteiger charge is -2.22. The highest BCUT2D eigenvalue weighted by molar-refractivity contribution is 5.96. The van der Waals surface area contributed by atoms with Gasteiger partial charge < -0.3 is 15.7 Å². The normalized spacial score (nSPS) is 19.4. The van der Waals surface area contributed by atoms with Gasteiger partial charge in [0.25, 0.3) is 5.91 Å². The molecule has 1 fully saturated rings. The molecule has 18 heavy (non-hydrogen) atoms. The number of aromatic hydroxyl groups is 1. The monoisotopic (exact) mass is 249 g/mol. The van der Waals surface area contributed by atoms with Crippen LogP contribution in [0.1, 0.15) is 29.6 Å². The van der Waals surface area contributed by atoms with Crippen molar-refractivity contribution in [2.24, 2.45) is 5.92 Å². The Morgan fingerprint density at radius 2 is 2.50 bits per heavy atom. The molecule has 5 nitrogen and oxygen atoms in total. The van der Waals surface area contributed by atoms with Gasteiger partial charge in [0.2, 0.25) is 0 Å².